The van der Waals surface area contributed by atoms with Gasteiger partial charge in [-0.25, -0.2) is 9.97 Å². The van der Waals surface area contributed by atoms with E-state index in [1.165, 1.54) is 0 Å². The molecule has 0 radical (unpaired) electrons. The van der Waals surface area contributed by atoms with Gasteiger partial charge < -0.3 is 5.73 Å². The fourth-order valence-electron chi connectivity index (χ4n) is 2.14. The Morgan fingerprint density at radius 3 is 2.84 bits per heavy atom. The summed E-state index contributed by atoms with van der Waals surface area (Å²) in [5.41, 5.74) is 7.62. The van der Waals surface area contributed by atoms with Gasteiger partial charge in [-0.05, 0) is 25.0 Å². The van der Waals surface area contributed by atoms with Crippen LogP contribution in [0, 0.1) is 0 Å². The van der Waals surface area contributed by atoms with Crippen LogP contribution in [-0.2, 0) is 0 Å². The molecule has 0 spiro atoms. The summed E-state index contributed by atoms with van der Waals surface area (Å²) >= 11 is 0. The molecule has 0 bridgehead atoms. The molecule has 4 rings (SSSR count). The molecule has 1 aliphatic rings. The Balaban J connectivity index is 1.91. The molecule has 2 N–H and O–H groups in total. The van der Waals surface area contributed by atoms with Crippen molar-refractivity contribution >= 4 is 16.9 Å². The molecule has 0 aliphatic heterocycles. The molecule has 6 heteroatoms. The van der Waals surface area contributed by atoms with Gasteiger partial charge in [-0.1, -0.05) is 17.3 Å². The number of hydrogen-bond acceptors (Lipinski definition) is 5. The zero-order chi connectivity index (χ0) is 12.8. The molecule has 1 aromatic carbocycles. The molecule has 1 saturated carbocycles. The number of benzene rings is 1. The van der Waals surface area contributed by atoms with Crippen molar-refractivity contribution in [1.29, 1.82) is 0 Å². The predicted octanol–water partition coefficient (Wildman–Crippen LogP) is 1.67. The maximum atomic E-state index is 5.86. The first-order chi connectivity index (χ1) is 9.31. The smallest absolute Gasteiger partial charge is 0.161 e. The summed E-state index contributed by atoms with van der Waals surface area (Å²) < 4.78 is 1.71. The number of anilines is 1. The Bertz CT molecular complexity index is 759. The van der Waals surface area contributed by atoms with Gasteiger partial charge in [0.15, 0.2) is 5.82 Å². The van der Waals surface area contributed by atoms with Gasteiger partial charge in [0.2, 0.25) is 0 Å². The highest BCUT2D eigenvalue weighted by molar-refractivity contribution is 5.75. The molecule has 0 saturated heterocycles. The lowest BCUT2D eigenvalue weighted by atomic mass is 10.3. The van der Waals surface area contributed by atoms with Crippen LogP contribution >= 0.6 is 0 Å². The van der Waals surface area contributed by atoms with Crippen LogP contribution in [0.1, 0.15) is 24.6 Å². The monoisotopic (exact) mass is 252 g/mol. The number of aromatic nitrogens is 5. The summed E-state index contributed by atoms with van der Waals surface area (Å²) in [4.78, 5) is 8.85. The molecular weight excluding hydrogens is 240 g/mol. The van der Waals surface area contributed by atoms with Crippen molar-refractivity contribution in [1.82, 2.24) is 25.0 Å². The third-order valence-electron chi connectivity index (χ3n) is 3.26. The van der Waals surface area contributed by atoms with Crippen LogP contribution in [0.5, 0.6) is 0 Å². The molecule has 19 heavy (non-hydrogen) atoms. The largest absolute Gasteiger partial charge is 0.384 e. The molecule has 2 aromatic heterocycles. The zero-order valence-electron chi connectivity index (χ0n) is 10.2. The number of para-hydroxylation sites is 1. The fraction of sp³-hybridized carbons (Fsp3) is 0.231. The number of nitrogens with two attached hydrogens (primary N) is 1. The second-order valence-corrected chi connectivity index (χ2v) is 4.77. The SMILES string of the molecule is Nc1cc(-n2nnc3ccccc32)nc(C2CC2)n1. The normalized spacial score (nSPS) is 14.9. The highest BCUT2D eigenvalue weighted by Crippen LogP contribution is 2.38. The van der Waals surface area contributed by atoms with E-state index in [9.17, 15) is 0 Å². The van der Waals surface area contributed by atoms with Gasteiger partial charge in [-0.2, -0.15) is 4.68 Å². The molecule has 3 aromatic rings. The van der Waals surface area contributed by atoms with Gasteiger partial charge in [-0.15, -0.1) is 5.10 Å². The summed E-state index contributed by atoms with van der Waals surface area (Å²) in [6.45, 7) is 0. The zero-order valence-corrected chi connectivity index (χ0v) is 10.2. The lowest BCUT2D eigenvalue weighted by Crippen LogP contribution is -2.06. The van der Waals surface area contributed by atoms with Crippen molar-refractivity contribution in [2.75, 3.05) is 5.73 Å². The summed E-state index contributed by atoms with van der Waals surface area (Å²) in [5, 5.41) is 8.27. The van der Waals surface area contributed by atoms with E-state index in [0.717, 1.165) is 29.7 Å². The molecule has 6 nitrogen and oxygen atoms in total. The molecule has 94 valence electrons. The quantitative estimate of drug-likeness (QED) is 0.750. The summed E-state index contributed by atoms with van der Waals surface area (Å²) in [5.74, 6) is 2.43. The Labute approximate surface area is 109 Å². The molecule has 1 aliphatic carbocycles. The first-order valence-corrected chi connectivity index (χ1v) is 6.26. The number of nitrogens with zero attached hydrogens (tertiary/aromatic N) is 5. The second kappa shape index (κ2) is 3.74. The standard InChI is InChI=1S/C13H12N6/c14-11-7-12(16-13(15-11)8-5-6-8)19-10-4-2-1-3-9(10)17-18-19/h1-4,7-8H,5-6H2,(H2,14,15,16). The lowest BCUT2D eigenvalue weighted by molar-refractivity contribution is 0.781. The number of rotatable bonds is 2. The van der Waals surface area contributed by atoms with Crippen molar-refractivity contribution in [3.63, 3.8) is 0 Å². The fourth-order valence-corrected chi connectivity index (χ4v) is 2.14. The molecule has 2 heterocycles. The number of nitrogen functional groups attached to an aromatic ring is 1. The average molecular weight is 252 g/mol. The van der Waals surface area contributed by atoms with Gasteiger partial charge in [0.1, 0.15) is 17.2 Å². The Hall–Kier alpha value is -2.50. The molecule has 0 amide bonds. The maximum absolute atomic E-state index is 5.86. The van der Waals surface area contributed by atoms with Crippen LogP contribution in [0.4, 0.5) is 5.82 Å². The van der Waals surface area contributed by atoms with Crippen LogP contribution < -0.4 is 5.73 Å². The Morgan fingerprint density at radius 1 is 1.16 bits per heavy atom. The van der Waals surface area contributed by atoms with Gasteiger partial charge >= 0.3 is 0 Å². The molecule has 0 unspecified atom stereocenters. The topological polar surface area (TPSA) is 82.5 Å². The molecular formula is C13H12N6. The molecule has 1 fully saturated rings. The predicted molar refractivity (Wildman–Crippen MR) is 70.8 cm³/mol. The first kappa shape index (κ1) is 10.4. The van der Waals surface area contributed by atoms with Crippen molar-refractivity contribution in [3.8, 4) is 5.82 Å². The highest BCUT2D eigenvalue weighted by atomic mass is 15.4. The van der Waals surface area contributed by atoms with Crippen LogP contribution in [0.25, 0.3) is 16.9 Å². The first-order valence-electron chi connectivity index (χ1n) is 6.26. The maximum Gasteiger partial charge on any atom is 0.161 e. The van der Waals surface area contributed by atoms with Gasteiger partial charge in [0.25, 0.3) is 0 Å². The molecule has 0 atom stereocenters. The number of fused-ring (bicyclic) bond motifs is 1. The Kier molecular flexibility index (Phi) is 2.05. The second-order valence-electron chi connectivity index (χ2n) is 4.77. The van der Waals surface area contributed by atoms with E-state index in [1.54, 1.807) is 10.7 Å². The van der Waals surface area contributed by atoms with Crippen molar-refractivity contribution in [3.05, 3.63) is 36.2 Å². The Morgan fingerprint density at radius 2 is 2.00 bits per heavy atom. The summed E-state index contributed by atoms with van der Waals surface area (Å²) in [6.07, 6.45) is 2.28. The summed E-state index contributed by atoms with van der Waals surface area (Å²) in [7, 11) is 0. The summed E-state index contributed by atoms with van der Waals surface area (Å²) in [6, 6.07) is 9.50. The minimum Gasteiger partial charge on any atom is -0.384 e. The van der Waals surface area contributed by atoms with E-state index in [1.807, 2.05) is 24.3 Å². The number of hydrogen-bond donors (Lipinski definition) is 1. The van der Waals surface area contributed by atoms with E-state index in [0.29, 0.717) is 17.6 Å². The highest BCUT2D eigenvalue weighted by Gasteiger charge is 2.27. The van der Waals surface area contributed by atoms with Crippen LogP contribution in [0.3, 0.4) is 0 Å². The van der Waals surface area contributed by atoms with Crippen LogP contribution in [0.2, 0.25) is 0 Å². The van der Waals surface area contributed by atoms with Crippen LogP contribution in [0.15, 0.2) is 30.3 Å². The third-order valence-corrected chi connectivity index (χ3v) is 3.26. The van der Waals surface area contributed by atoms with E-state index in [4.69, 9.17) is 5.73 Å². The minimum atomic E-state index is 0.456. The van der Waals surface area contributed by atoms with E-state index in [-0.39, 0.29) is 0 Å². The van der Waals surface area contributed by atoms with Gasteiger partial charge in [0, 0.05) is 12.0 Å². The van der Waals surface area contributed by atoms with Gasteiger partial charge in [0.05, 0.1) is 5.52 Å². The minimum absolute atomic E-state index is 0.456. The van der Waals surface area contributed by atoms with E-state index < -0.39 is 0 Å². The van der Waals surface area contributed by atoms with E-state index >= 15 is 0 Å². The third kappa shape index (κ3) is 1.72. The average Bonchev–Trinajstić information content (AvgIpc) is 3.18. The van der Waals surface area contributed by atoms with Crippen LogP contribution in [-0.4, -0.2) is 25.0 Å². The van der Waals surface area contributed by atoms with Crippen molar-refractivity contribution in [2.24, 2.45) is 0 Å². The van der Waals surface area contributed by atoms with E-state index in [2.05, 4.69) is 20.3 Å². The van der Waals surface area contributed by atoms with Gasteiger partial charge in [-0.3, -0.25) is 0 Å². The van der Waals surface area contributed by atoms with Crippen molar-refractivity contribution < 1.29 is 0 Å². The van der Waals surface area contributed by atoms with Crippen molar-refractivity contribution in [2.45, 2.75) is 18.8 Å². The lowest BCUT2D eigenvalue weighted by Gasteiger charge is -2.05.